The Hall–Kier alpha value is -6.16. The van der Waals surface area contributed by atoms with E-state index in [1.54, 1.807) is 0 Å². The summed E-state index contributed by atoms with van der Waals surface area (Å²) in [7, 11) is 0. The van der Waals surface area contributed by atoms with Gasteiger partial charge in [0.1, 0.15) is 0 Å². The van der Waals surface area contributed by atoms with Crippen LogP contribution < -0.4 is 0 Å². The predicted molar refractivity (Wildman–Crippen MR) is 208 cm³/mol. The second-order valence-electron chi connectivity index (χ2n) is 13.3. The maximum Gasteiger partial charge on any atom is 0.161 e. The molecule has 0 aliphatic heterocycles. The number of hydrogen-bond acceptors (Lipinski definition) is 3. The lowest BCUT2D eigenvalue weighted by Crippen LogP contribution is -2.25. The maximum absolute atomic E-state index is 5.36. The van der Waals surface area contributed by atoms with Gasteiger partial charge in [-0.1, -0.05) is 152 Å². The summed E-state index contributed by atoms with van der Waals surface area (Å²) in [6.07, 6.45) is 0. The molecule has 3 heteroatoms. The summed E-state index contributed by atoms with van der Waals surface area (Å²) in [6, 6.07) is 61.6. The van der Waals surface area contributed by atoms with E-state index < -0.39 is 5.41 Å². The van der Waals surface area contributed by atoms with E-state index in [1.165, 1.54) is 59.3 Å². The third-order valence-electron chi connectivity index (χ3n) is 10.7. The Morgan fingerprint density at radius 3 is 1.90 bits per heavy atom. The molecule has 0 N–H and O–H groups in total. The Balaban J connectivity index is 1.21. The first-order valence-corrected chi connectivity index (χ1v) is 17.9. The van der Waals surface area contributed by atoms with Crippen molar-refractivity contribution in [1.29, 1.82) is 0 Å². The molecule has 2 aliphatic carbocycles. The minimum Gasteiger partial charge on any atom is -0.228 e. The highest BCUT2D eigenvalue weighted by Crippen LogP contribution is 2.66. The van der Waals surface area contributed by atoms with Gasteiger partial charge in [-0.25, -0.2) is 9.97 Å². The number of nitrogens with zero attached hydrogens (tertiary/aromatic N) is 2. The van der Waals surface area contributed by atoms with E-state index in [9.17, 15) is 0 Å². The predicted octanol–water partition coefficient (Wildman–Crippen LogP) is 12.2. The van der Waals surface area contributed by atoms with Crippen molar-refractivity contribution in [2.24, 2.45) is 0 Å². The van der Waals surface area contributed by atoms with Crippen LogP contribution in [-0.2, 0) is 5.41 Å². The molecule has 1 spiro atoms. The lowest BCUT2D eigenvalue weighted by atomic mass is 9.70. The number of aromatic nitrogens is 2. The van der Waals surface area contributed by atoms with Crippen molar-refractivity contribution in [2.45, 2.75) is 5.41 Å². The Labute approximate surface area is 294 Å². The van der Waals surface area contributed by atoms with Gasteiger partial charge in [-0.2, -0.15) is 0 Å². The number of benzene rings is 7. The van der Waals surface area contributed by atoms with Crippen LogP contribution in [-0.4, -0.2) is 9.97 Å². The molecule has 11 rings (SSSR count). The van der Waals surface area contributed by atoms with Crippen molar-refractivity contribution in [3.8, 4) is 55.5 Å². The van der Waals surface area contributed by atoms with E-state index in [4.69, 9.17) is 9.97 Å². The highest BCUT2D eigenvalue weighted by molar-refractivity contribution is 7.22. The Morgan fingerprint density at radius 2 is 1.04 bits per heavy atom. The van der Waals surface area contributed by atoms with Crippen LogP contribution in [0.2, 0.25) is 0 Å². The summed E-state index contributed by atoms with van der Waals surface area (Å²) in [5.41, 5.74) is 14.0. The van der Waals surface area contributed by atoms with Crippen LogP contribution in [0, 0.1) is 0 Å². The summed E-state index contributed by atoms with van der Waals surface area (Å²) in [5, 5.41) is 3.66. The lowest BCUT2D eigenvalue weighted by molar-refractivity contribution is 0.803. The molecule has 0 radical (unpaired) electrons. The summed E-state index contributed by atoms with van der Waals surface area (Å²) in [5.74, 6) is 0.731. The van der Waals surface area contributed by atoms with Gasteiger partial charge in [0.15, 0.2) is 5.82 Å². The van der Waals surface area contributed by atoms with Crippen LogP contribution in [0.3, 0.4) is 0 Å². The van der Waals surface area contributed by atoms with Crippen LogP contribution >= 0.6 is 11.3 Å². The third-order valence-corrected chi connectivity index (χ3v) is 11.9. The first-order valence-electron chi connectivity index (χ1n) is 17.1. The molecule has 2 nitrogen and oxygen atoms in total. The van der Waals surface area contributed by atoms with Crippen LogP contribution in [0.1, 0.15) is 22.3 Å². The molecular weight excluding hydrogens is 625 g/mol. The number of thiophene rings is 1. The molecule has 7 aromatic carbocycles. The molecule has 0 saturated carbocycles. The lowest BCUT2D eigenvalue weighted by Gasteiger charge is -2.30. The summed E-state index contributed by atoms with van der Waals surface area (Å²) >= 11 is 1.92. The molecule has 50 heavy (non-hydrogen) atoms. The Bertz CT molecular complexity index is 2830. The van der Waals surface area contributed by atoms with Crippen LogP contribution in [0.15, 0.2) is 170 Å². The molecule has 2 aliphatic rings. The quantitative estimate of drug-likeness (QED) is 0.190. The van der Waals surface area contributed by atoms with Gasteiger partial charge in [-0.05, 0) is 73.3 Å². The van der Waals surface area contributed by atoms with Crippen LogP contribution in [0.5, 0.6) is 0 Å². The zero-order valence-electron chi connectivity index (χ0n) is 27.0. The van der Waals surface area contributed by atoms with Gasteiger partial charge < -0.3 is 0 Å². The first-order chi connectivity index (χ1) is 24.8. The highest BCUT2D eigenvalue weighted by atomic mass is 32.1. The van der Waals surface area contributed by atoms with E-state index in [-0.39, 0.29) is 0 Å². The van der Waals surface area contributed by atoms with E-state index in [2.05, 4.69) is 170 Å². The maximum atomic E-state index is 5.36. The standard InChI is InChI=1S/C47H28N2S/c1-2-14-30(15-3-1)41-28-42(49-46(48-41)35-21-12-16-29-13-4-5-17-32(29)35)31-25-26-34-33-18-6-9-22-38(33)47(40(34)27-31)39-23-10-7-19-36(39)45-44(47)37-20-8-11-24-43(37)50-45/h1-28H. The fourth-order valence-electron chi connectivity index (χ4n) is 8.64. The van der Waals surface area contributed by atoms with Gasteiger partial charge in [-0.15, -0.1) is 11.3 Å². The molecule has 0 fully saturated rings. The fourth-order valence-corrected chi connectivity index (χ4v) is 9.94. The summed E-state index contributed by atoms with van der Waals surface area (Å²) in [4.78, 5) is 11.9. The molecule has 0 amide bonds. The van der Waals surface area contributed by atoms with Gasteiger partial charge in [-0.3, -0.25) is 0 Å². The van der Waals surface area contributed by atoms with Gasteiger partial charge in [0.2, 0.25) is 0 Å². The van der Waals surface area contributed by atoms with Gasteiger partial charge in [0.05, 0.1) is 16.8 Å². The van der Waals surface area contributed by atoms with Gasteiger partial charge in [0.25, 0.3) is 0 Å². The fraction of sp³-hybridized carbons (Fsp3) is 0.0213. The average molecular weight is 653 g/mol. The zero-order valence-corrected chi connectivity index (χ0v) is 27.8. The first kappa shape index (κ1) is 27.8. The molecule has 1 unspecified atom stereocenters. The van der Waals surface area contributed by atoms with E-state index in [0.29, 0.717) is 0 Å². The zero-order chi connectivity index (χ0) is 32.8. The van der Waals surface area contributed by atoms with Crippen molar-refractivity contribution >= 4 is 32.2 Å². The van der Waals surface area contributed by atoms with Crippen LogP contribution in [0.4, 0.5) is 0 Å². The van der Waals surface area contributed by atoms with Gasteiger partial charge in [0, 0.05) is 26.3 Å². The van der Waals surface area contributed by atoms with Crippen molar-refractivity contribution in [1.82, 2.24) is 9.97 Å². The second kappa shape index (κ2) is 10.4. The van der Waals surface area contributed by atoms with Crippen molar-refractivity contribution in [3.63, 3.8) is 0 Å². The molecule has 2 heterocycles. The molecule has 1 atom stereocenters. The number of hydrogen-bond donors (Lipinski definition) is 0. The van der Waals surface area contributed by atoms with Crippen molar-refractivity contribution in [2.75, 3.05) is 0 Å². The van der Waals surface area contributed by atoms with Crippen LogP contribution in [0.25, 0.3) is 76.3 Å². The highest BCUT2D eigenvalue weighted by Gasteiger charge is 2.53. The number of rotatable bonds is 3. The number of fused-ring (bicyclic) bond motifs is 13. The second-order valence-corrected chi connectivity index (χ2v) is 14.3. The minimum absolute atomic E-state index is 0.429. The van der Waals surface area contributed by atoms with E-state index >= 15 is 0 Å². The molecular formula is C47H28N2S. The van der Waals surface area contributed by atoms with Gasteiger partial charge >= 0.3 is 0 Å². The third kappa shape index (κ3) is 3.73. The Kier molecular flexibility index (Phi) is 5.78. The normalized spacial score (nSPS) is 15.3. The minimum atomic E-state index is -0.429. The van der Waals surface area contributed by atoms with Crippen molar-refractivity contribution in [3.05, 3.63) is 192 Å². The smallest absolute Gasteiger partial charge is 0.161 e. The summed E-state index contributed by atoms with van der Waals surface area (Å²) in [6.45, 7) is 0. The molecule has 2 aromatic heterocycles. The topological polar surface area (TPSA) is 25.8 Å². The Morgan fingerprint density at radius 1 is 0.420 bits per heavy atom. The molecule has 9 aromatic rings. The monoisotopic (exact) mass is 652 g/mol. The van der Waals surface area contributed by atoms with Crippen molar-refractivity contribution < 1.29 is 0 Å². The summed E-state index contributed by atoms with van der Waals surface area (Å²) < 4.78 is 1.33. The molecule has 232 valence electrons. The SMILES string of the molecule is c1ccc(-c2cc(-c3ccc4c(c3)C3(c5ccccc5-4)c4ccccc4-c4sc5ccccc5c43)nc(-c3cccc4ccccc34)n2)cc1. The molecule has 0 bridgehead atoms. The molecule has 0 saturated heterocycles. The van der Waals surface area contributed by atoms with E-state index in [0.717, 1.165) is 39.3 Å². The largest absolute Gasteiger partial charge is 0.228 e. The van der Waals surface area contributed by atoms with E-state index in [1.807, 2.05) is 11.3 Å². The average Bonchev–Trinajstić information content (AvgIpc) is 3.81.